The molecule has 0 bridgehead atoms. The third-order valence-corrected chi connectivity index (χ3v) is 1.53. The molecular weight excluding hydrogens is 140 g/mol. The van der Waals surface area contributed by atoms with Crippen LogP contribution in [0.25, 0.3) is 0 Å². The van der Waals surface area contributed by atoms with Gasteiger partial charge in [0.25, 0.3) is 0 Å². The van der Waals surface area contributed by atoms with Crippen molar-refractivity contribution < 1.29 is 9.47 Å². The van der Waals surface area contributed by atoms with Crippen LogP contribution in [-0.2, 0) is 9.47 Å². The molecule has 0 aromatic carbocycles. The second-order valence-corrected chi connectivity index (χ2v) is 4.08. The number of hydrogen-bond donors (Lipinski definition) is 0. The fourth-order valence-electron chi connectivity index (χ4n) is 1.08. The molecule has 0 heterocycles. The fourth-order valence-corrected chi connectivity index (χ4v) is 1.08. The summed E-state index contributed by atoms with van der Waals surface area (Å²) in [5.74, 6) is 0. The molecule has 0 aromatic rings. The van der Waals surface area contributed by atoms with E-state index in [1.807, 2.05) is 0 Å². The summed E-state index contributed by atoms with van der Waals surface area (Å²) in [6.07, 6.45) is 1.28. The van der Waals surface area contributed by atoms with Gasteiger partial charge in [-0.25, -0.2) is 0 Å². The Morgan fingerprint density at radius 2 is 1.73 bits per heavy atom. The van der Waals surface area contributed by atoms with Gasteiger partial charge in [0.15, 0.2) is 0 Å². The lowest BCUT2D eigenvalue weighted by Crippen LogP contribution is -2.23. The molecule has 0 aromatic heterocycles. The van der Waals surface area contributed by atoms with E-state index < -0.39 is 0 Å². The van der Waals surface area contributed by atoms with E-state index in [-0.39, 0.29) is 6.10 Å². The fraction of sp³-hybridized carbons (Fsp3) is 1.00. The predicted molar refractivity (Wildman–Crippen MR) is 46.7 cm³/mol. The van der Waals surface area contributed by atoms with Crippen molar-refractivity contribution in [3.05, 3.63) is 0 Å². The van der Waals surface area contributed by atoms with E-state index in [0.29, 0.717) is 12.0 Å². The van der Waals surface area contributed by atoms with Crippen molar-refractivity contribution in [2.24, 2.45) is 5.41 Å². The minimum Gasteiger partial charge on any atom is -0.382 e. The summed E-state index contributed by atoms with van der Waals surface area (Å²) in [7, 11) is 3.43. The molecule has 0 N–H and O–H groups in total. The second-order valence-electron chi connectivity index (χ2n) is 4.08. The number of methoxy groups -OCH3 is 2. The zero-order valence-electron chi connectivity index (χ0n) is 8.31. The Kier molecular flexibility index (Phi) is 4.69. The van der Waals surface area contributed by atoms with Crippen molar-refractivity contribution in [2.75, 3.05) is 20.8 Å². The molecule has 2 heteroatoms. The highest BCUT2D eigenvalue weighted by Crippen LogP contribution is 2.21. The predicted octanol–water partition coefficient (Wildman–Crippen LogP) is 2.08. The summed E-state index contributed by atoms with van der Waals surface area (Å²) in [4.78, 5) is 0. The molecule has 2 nitrogen and oxygen atoms in total. The van der Waals surface area contributed by atoms with Gasteiger partial charge in [0.05, 0.1) is 12.7 Å². The van der Waals surface area contributed by atoms with Crippen LogP contribution in [0.3, 0.4) is 0 Å². The molecule has 0 aliphatic heterocycles. The van der Waals surface area contributed by atoms with Gasteiger partial charge in [0.2, 0.25) is 0 Å². The van der Waals surface area contributed by atoms with Gasteiger partial charge in [-0.2, -0.15) is 0 Å². The zero-order valence-corrected chi connectivity index (χ0v) is 8.31. The van der Waals surface area contributed by atoms with Crippen LogP contribution in [0.5, 0.6) is 0 Å². The van der Waals surface area contributed by atoms with Crippen LogP contribution in [0.4, 0.5) is 0 Å². The molecule has 68 valence electrons. The molecule has 0 saturated carbocycles. The maximum Gasteiger partial charge on any atom is 0.0809 e. The Morgan fingerprint density at radius 3 is 2.00 bits per heavy atom. The first-order valence-electron chi connectivity index (χ1n) is 4.01. The summed E-state index contributed by atoms with van der Waals surface area (Å²) in [5, 5.41) is 0. The molecule has 0 fully saturated rings. The molecule has 0 spiro atoms. The Balaban J connectivity index is 3.68. The number of ether oxygens (including phenoxy) is 2. The third kappa shape index (κ3) is 6.32. The van der Waals surface area contributed by atoms with E-state index in [9.17, 15) is 0 Å². The monoisotopic (exact) mass is 160 g/mol. The minimum absolute atomic E-state index is 0.236. The highest BCUT2D eigenvalue weighted by molar-refractivity contribution is 4.68. The van der Waals surface area contributed by atoms with Crippen molar-refractivity contribution in [3.8, 4) is 0 Å². The van der Waals surface area contributed by atoms with Gasteiger partial charge >= 0.3 is 0 Å². The maximum atomic E-state index is 5.24. The van der Waals surface area contributed by atoms with Crippen LogP contribution in [0.15, 0.2) is 0 Å². The lowest BCUT2D eigenvalue weighted by molar-refractivity contribution is 0.00510. The van der Waals surface area contributed by atoms with Crippen LogP contribution in [0.1, 0.15) is 27.2 Å². The van der Waals surface area contributed by atoms with Gasteiger partial charge in [0, 0.05) is 14.2 Å². The highest BCUT2D eigenvalue weighted by atomic mass is 16.5. The Hall–Kier alpha value is -0.0800. The van der Waals surface area contributed by atoms with Crippen LogP contribution < -0.4 is 0 Å². The lowest BCUT2D eigenvalue weighted by Gasteiger charge is -2.24. The largest absolute Gasteiger partial charge is 0.382 e. The maximum absolute atomic E-state index is 5.24. The molecule has 0 radical (unpaired) electrons. The third-order valence-electron chi connectivity index (χ3n) is 1.53. The van der Waals surface area contributed by atoms with E-state index in [1.54, 1.807) is 14.2 Å². The number of rotatable bonds is 4. The van der Waals surface area contributed by atoms with Crippen LogP contribution in [0, 0.1) is 5.41 Å². The molecule has 1 unspecified atom stereocenters. The summed E-state index contributed by atoms with van der Waals surface area (Å²) in [6.45, 7) is 7.30. The minimum atomic E-state index is 0.236. The van der Waals surface area contributed by atoms with E-state index in [2.05, 4.69) is 20.8 Å². The molecule has 0 saturated heterocycles. The summed E-state index contributed by atoms with van der Waals surface area (Å²) in [5.41, 5.74) is 0.319. The highest BCUT2D eigenvalue weighted by Gasteiger charge is 2.17. The SMILES string of the molecule is COCC(CC(C)(C)C)OC. The molecule has 0 amide bonds. The van der Waals surface area contributed by atoms with E-state index in [4.69, 9.17) is 9.47 Å². The van der Waals surface area contributed by atoms with Crippen molar-refractivity contribution in [1.82, 2.24) is 0 Å². The molecular formula is C9H20O2. The van der Waals surface area contributed by atoms with Gasteiger partial charge in [-0.05, 0) is 11.8 Å². The summed E-state index contributed by atoms with van der Waals surface area (Å²) < 4.78 is 10.3. The van der Waals surface area contributed by atoms with Gasteiger partial charge in [-0.15, -0.1) is 0 Å². The number of hydrogen-bond acceptors (Lipinski definition) is 2. The van der Waals surface area contributed by atoms with Gasteiger partial charge in [-0.1, -0.05) is 20.8 Å². The van der Waals surface area contributed by atoms with Gasteiger partial charge in [-0.3, -0.25) is 0 Å². The molecule has 1 atom stereocenters. The van der Waals surface area contributed by atoms with Crippen molar-refractivity contribution in [3.63, 3.8) is 0 Å². The first-order valence-corrected chi connectivity index (χ1v) is 4.01. The van der Waals surface area contributed by atoms with E-state index in [0.717, 1.165) is 6.42 Å². The van der Waals surface area contributed by atoms with Crippen molar-refractivity contribution in [2.45, 2.75) is 33.3 Å². The van der Waals surface area contributed by atoms with Gasteiger partial charge in [0.1, 0.15) is 0 Å². The van der Waals surface area contributed by atoms with E-state index >= 15 is 0 Å². The quantitative estimate of drug-likeness (QED) is 0.627. The second kappa shape index (κ2) is 4.73. The van der Waals surface area contributed by atoms with Crippen molar-refractivity contribution in [1.29, 1.82) is 0 Å². The average molecular weight is 160 g/mol. The smallest absolute Gasteiger partial charge is 0.0809 e. The molecule has 11 heavy (non-hydrogen) atoms. The van der Waals surface area contributed by atoms with Crippen LogP contribution in [0.2, 0.25) is 0 Å². The lowest BCUT2D eigenvalue weighted by atomic mass is 9.89. The van der Waals surface area contributed by atoms with Crippen LogP contribution in [-0.4, -0.2) is 26.9 Å². The zero-order chi connectivity index (χ0) is 8.91. The molecule has 0 aliphatic carbocycles. The molecule has 0 rings (SSSR count). The van der Waals surface area contributed by atoms with Crippen molar-refractivity contribution >= 4 is 0 Å². The van der Waals surface area contributed by atoms with E-state index in [1.165, 1.54) is 0 Å². The Morgan fingerprint density at radius 1 is 1.18 bits per heavy atom. The Labute approximate surface area is 69.9 Å². The topological polar surface area (TPSA) is 18.5 Å². The average Bonchev–Trinajstić information content (AvgIpc) is 1.84. The normalized spacial score (nSPS) is 15.0. The van der Waals surface area contributed by atoms with Gasteiger partial charge < -0.3 is 9.47 Å². The standard InChI is InChI=1S/C9H20O2/c1-9(2,3)6-8(11-5)7-10-4/h8H,6-7H2,1-5H3. The Bertz CT molecular complexity index is 94.2. The summed E-state index contributed by atoms with van der Waals surface area (Å²) in [6, 6.07) is 0. The van der Waals surface area contributed by atoms with Crippen LogP contribution >= 0.6 is 0 Å². The molecule has 0 aliphatic rings. The summed E-state index contributed by atoms with van der Waals surface area (Å²) >= 11 is 0. The first-order chi connectivity index (χ1) is 4.99. The first kappa shape index (κ1) is 10.9.